The van der Waals surface area contributed by atoms with Crippen molar-refractivity contribution in [3.05, 3.63) is 0 Å². The Kier molecular flexibility index (Phi) is 17.4. The first kappa shape index (κ1) is 43.2. The molecule has 2 bridgehead atoms. The zero-order valence-electron chi connectivity index (χ0n) is 29.1. The summed E-state index contributed by atoms with van der Waals surface area (Å²) in [6, 6.07) is 0.0101. The van der Waals surface area contributed by atoms with Crippen LogP contribution in [-0.2, 0) is 24.0 Å². The van der Waals surface area contributed by atoms with Crippen LogP contribution in [0.25, 0.3) is 0 Å². The van der Waals surface area contributed by atoms with Gasteiger partial charge in [-0.1, -0.05) is 32.1 Å². The fraction of sp³-hybridized carbons (Fsp3) is 0.848. The van der Waals surface area contributed by atoms with Crippen LogP contribution in [0.4, 0.5) is 0 Å². The van der Waals surface area contributed by atoms with Crippen molar-refractivity contribution in [2.45, 2.75) is 165 Å². The maximum absolute atomic E-state index is 10.9. The molecule has 0 saturated heterocycles. The summed E-state index contributed by atoms with van der Waals surface area (Å²) >= 11 is 0. The number of carboxylic acid groups (broad SMARTS) is 5. The molecule has 48 heavy (non-hydrogen) atoms. The van der Waals surface area contributed by atoms with Gasteiger partial charge in [0.25, 0.3) is 0 Å². The van der Waals surface area contributed by atoms with Gasteiger partial charge in [0.1, 0.15) is 23.2 Å². The summed E-state index contributed by atoms with van der Waals surface area (Å²) in [6.07, 6.45) is 15.7. The van der Waals surface area contributed by atoms with Crippen LogP contribution >= 0.6 is 0 Å². The first-order valence-electron chi connectivity index (χ1n) is 17.2. The van der Waals surface area contributed by atoms with Gasteiger partial charge in [0.15, 0.2) is 0 Å². The molecule has 0 heterocycles. The lowest BCUT2D eigenvalue weighted by Gasteiger charge is -2.27. The number of aliphatic carboxylic acids is 5. The van der Waals surface area contributed by atoms with E-state index < -0.39 is 58.4 Å². The maximum atomic E-state index is 10.9. The largest absolute Gasteiger partial charge is 0.481 e. The summed E-state index contributed by atoms with van der Waals surface area (Å²) in [7, 11) is 0. The predicted molar refractivity (Wildman–Crippen MR) is 179 cm³/mol. The Labute approximate surface area is 283 Å². The lowest BCUT2D eigenvalue weighted by Crippen LogP contribution is -2.43. The summed E-state index contributed by atoms with van der Waals surface area (Å²) in [4.78, 5) is 51.7. The van der Waals surface area contributed by atoms with Crippen molar-refractivity contribution in [2.24, 2.45) is 28.5 Å². The third-order valence-electron chi connectivity index (χ3n) is 9.81. The van der Waals surface area contributed by atoms with E-state index in [1.54, 1.807) is 13.8 Å². The highest BCUT2D eigenvalue weighted by Gasteiger charge is 2.55. The van der Waals surface area contributed by atoms with E-state index in [0.717, 1.165) is 51.4 Å². The summed E-state index contributed by atoms with van der Waals surface area (Å²) in [5.74, 6) is -3.43. The number of nitrogens with two attached hydrogens (primary N) is 3. The standard InChI is InChI=1S/C9H17NO2.C8H13NO2.C8H15NO2.C4H7NO2.C4H9NO2/c1-7(9(11)12)10-8-5-3-2-4-6-8;9-6-3-5-1-2-8(6,4-5)7(10)11;1-6(8(10)11)9-7-4-2-3-5-7;5-4(1-2-4)3(6)7;1-4(2,5)3(6)7/h7-8,10H,2-6H2,1H3,(H,11,12);5-6H,1-4,9H2,(H,10,11);6-7,9H,2-5H2,1H3,(H,10,11);1-2,5H2,(H,6,7);5H2,1-2H3,(H,6,7)/t7-;;6-;;/m0.0../s1. The molecule has 0 aromatic carbocycles. The molecular formula is C33H61N5O10. The molecule has 278 valence electrons. The Morgan fingerprint density at radius 2 is 1.10 bits per heavy atom. The van der Waals surface area contributed by atoms with E-state index in [1.165, 1.54) is 46.0 Å². The fourth-order valence-electron chi connectivity index (χ4n) is 6.22. The SMILES string of the molecule is CC(C)(N)C(=O)O.C[C@H](NC1CCCC1)C(=O)O.C[C@H](NC1CCCCC1)C(=O)O.NC1(C(=O)O)CC1.NC1CC2CCC1(C(=O)O)C2. The Balaban J connectivity index is 0.000000305. The monoisotopic (exact) mass is 687 g/mol. The number of hydrogen-bond acceptors (Lipinski definition) is 10. The highest BCUT2D eigenvalue weighted by molar-refractivity contribution is 5.81. The second-order valence-corrected chi connectivity index (χ2v) is 14.7. The molecule has 0 amide bonds. The zero-order chi connectivity index (χ0) is 36.9. The molecule has 15 heteroatoms. The summed E-state index contributed by atoms with van der Waals surface area (Å²) in [5.41, 5.74) is 13.6. The Bertz CT molecular complexity index is 1050. The topological polar surface area (TPSA) is 289 Å². The molecule has 0 radical (unpaired) electrons. The van der Waals surface area contributed by atoms with Gasteiger partial charge in [-0.05, 0) is 97.8 Å². The highest BCUT2D eigenvalue weighted by atomic mass is 16.4. The summed E-state index contributed by atoms with van der Waals surface area (Å²) < 4.78 is 0. The fourth-order valence-corrected chi connectivity index (χ4v) is 6.22. The molecule has 3 unspecified atom stereocenters. The van der Waals surface area contributed by atoms with Crippen LogP contribution in [0.1, 0.15) is 124 Å². The molecule has 5 atom stereocenters. The number of rotatable bonds is 9. The Morgan fingerprint density at radius 3 is 1.31 bits per heavy atom. The van der Waals surface area contributed by atoms with Crippen LogP contribution in [-0.4, -0.2) is 96.7 Å². The van der Waals surface area contributed by atoms with Crippen LogP contribution in [0.5, 0.6) is 0 Å². The van der Waals surface area contributed by atoms with E-state index in [2.05, 4.69) is 10.6 Å². The molecule has 0 spiro atoms. The number of carbonyl (C=O) groups is 5. The minimum atomic E-state index is -1.08. The van der Waals surface area contributed by atoms with Crippen molar-refractivity contribution in [3.8, 4) is 0 Å². The number of hydrogen-bond donors (Lipinski definition) is 10. The Hall–Kier alpha value is -2.85. The van der Waals surface area contributed by atoms with E-state index in [-0.39, 0.29) is 6.04 Å². The predicted octanol–water partition coefficient (Wildman–Crippen LogP) is 2.33. The van der Waals surface area contributed by atoms with Gasteiger partial charge in [0, 0.05) is 18.1 Å². The van der Waals surface area contributed by atoms with Crippen LogP contribution in [0.15, 0.2) is 0 Å². The minimum absolute atomic E-state index is 0.0845. The minimum Gasteiger partial charge on any atom is -0.481 e. The molecule has 5 rings (SSSR count). The molecule has 13 N–H and O–H groups in total. The second-order valence-electron chi connectivity index (χ2n) is 14.7. The smallest absolute Gasteiger partial charge is 0.323 e. The van der Waals surface area contributed by atoms with Crippen molar-refractivity contribution in [2.75, 3.05) is 0 Å². The van der Waals surface area contributed by atoms with Gasteiger partial charge >= 0.3 is 29.8 Å². The third kappa shape index (κ3) is 14.7. The summed E-state index contributed by atoms with van der Waals surface area (Å²) in [5, 5.41) is 48.7. The van der Waals surface area contributed by atoms with Crippen molar-refractivity contribution in [1.29, 1.82) is 0 Å². The summed E-state index contributed by atoms with van der Waals surface area (Å²) in [6.45, 7) is 6.28. The quantitative estimate of drug-likeness (QED) is 0.166. The van der Waals surface area contributed by atoms with Crippen LogP contribution in [0, 0.1) is 11.3 Å². The molecule has 5 aliphatic rings. The maximum Gasteiger partial charge on any atom is 0.323 e. The lowest BCUT2D eigenvalue weighted by atomic mass is 9.80. The normalized spacial score (nSPS) is 26.7. The van der Waals surface area contributed by atoms with E-state index in [0.29, 0.717) is 30.8 Å². The van der Waals surface area contributed by atoms with Crippen LogP contribution < -0.4 is 27.8 Å². The van der Waals surface area contributed by atoms with Gasteiger partial charge < -0.3 is 53.4 Å². The van der Waals surface area contributed by atoms with Gasteiger partial charge in [-0.15, -0.1) is 0 Å². The molecular weight excluding hydrogens is 626 g/mol. The van der Waals surface area contributed by atoms with E-state index >= 15 is 0 Å². The first-order chi connectivity index (χ1) is 22.1. The molecule has 0 aliphatic heterocycles. The molecule has 5 saturated carbocycles. The average Bonchev–Trinajstić information content (AvgIpc) is 3.33. The second kappa shape index (κ2) is 19.4. The average molecular weight is 688 g/mol. The lowest BCUT2D eigenvalue weighted by molar-refractivity contribution is -0.149. The van der Waals surface area contributed by atoms with Crippen molar-refractivity contribution in [3.63, 3.8) is 0 Å². The molecule has 0 aromatic heterocycles. The first-order valence-corrected chi connectivity index (χ1v) is 17.2. The van der Waals surface area contributed by atoms with Gasteiger partial charge in [-0.2, -0.15) is 0 Å². The zero-order valence-corrected chi connectivity index (χ0v) is 29.1. The molecule has 15 nitrogen and oxygen atoms in total. The molecule has 0 aromatic rings. The van der Waals surface area contributed by atoms with Gasteiger partial charge in [0.05, 0.1) is 5.41 Å². The highest BCUT2D eigenvalue weighted by Crippen LogP contribution is 2.53. The number of nitrogens with one attached hydrogen (secondary N) is 2. The van der Waals surface area contributed by atoms with E-state index in [1.807, 2.05) is 0 Å². The van der Waals surface area contributed by atoms with Crippen molar-refractivity contribution < 1.29 is 49.5 Å². The van der Waals surface area contributed by atoms with E-state index in [4.69, 9.17) is 42.7 Å². The van der Waals surface area contributed by atoms with Crippen LogP contribution in [0.2, 0.25) is 0 Å². The van der Waals surface area contributed by atoms with Gasteiger partial charge in [-0.25, -0.2) is 0 Å². The third-order valence-corrected chi connectivity index (χ3v) is 9.81. The van der Waals surface area contributed by atoms with E-state index in [9.17, 15) is 24.0 Å². The number of carboxylic acids is 5. The van der Waals surface area contributed by atoms with Gasteiger partial charge in [-0.3, -0.25) is 24.0 Å². The van der Waals surface area contributed by atoms with Crippen molar-refractivity contribution >= 4 is 29.8 Å². The van der Waals surface area contributed by atoms with Crippen LogP contribution in [0.3, 0.4) is 0 Å². The molecule has 5 fully saturated rings. The molecule has 5 aliphatic carbocycles. The van der Waals surface area contributed by atoms with Gasteiger partial charge in [0.2, 0.25) is 0 Å². The Morgan fingerprint density at radius 1 is 0.708 bits per heavy atom. The van der Waals surface area contributed by atoms with Crippen molar-refractivity contribution in [1.82, 2.24) is 10.6 Å². The number of fused-ring (bicyclic) bond motifs is 2.